The van der Waals surface area contributed by atoms with Gasteiger partial charge in [0.25, 0.3) is 5.91 Å². The van der Waals surface area contributed by atoms with Crippen molar-refractivity contribution in [2.75, 3.05) is 37.7 Å². The predicted octanol–water partition coefficient (Wildman–Crippen LogP) is 2.09. The molecule has 24 heavy (non-hydrogen) atoms. The highest BCUT2D eigenvalue weighted by molar-refractivity contribution is 5.92. The number of hydrogen-bond acceptors (Lipinski definition) is 4. The van der Waals surface area contributed by atoms with Crippen molar-refractivity contribution in [1.29, 1.82) is 0 Å². The average molecular weight is 328 g/mol. The van der Waals surface area contributed by atoms with E-state index in [2.05, 4.69) is 16.1 Å². The van der Waals surface area contributed by atoms with E-state index in [9.17, 15) is 4.79 Å². The van der Waals surface area contributed by atoms with E-state index in [0.717, 1.165) is 30.2 Å². The van der Waals surface area contributed by atoms with E-state index in [1.54, 1.807) is 4.68 Å². The summed E-state index contributed by atoms with van der Waals surface area (Å²) < 4.78 is 7.38. The molecule has 6 heteroatoms. The molecule has 1 aliphatic heterocycles. The van der Waals surface area contributed by atoms with Crippen LogP contribution in [0.2, 0.25) is 0 Å². The molecule has 2 aromatic rings. The Labute approximate surface area is 142 Å². The number of carbonyl (C=O) groups excluding carboxylic acids is 1. The van der Waals surface area contributed by atoms with Crippen LogP contribution < -0.4 is 9.64 Å². The summed E-state index contributed by atoms with van der Waals surface area (Å²) in [5.41, 5.74) is 2.61. The molecule has 0 radical (unpaired) electrons. The number of anilines is 1. The van der Waals surface area contributed by atoms with Crippen LogP contribution in [0.15, 0.2) is 30.3 Å². The summed E-state index contributed by atoms with van der Waals surface area (Å²) in [4.78, 5) is 16.8. The molecule has 0 aliphatic carbocycles. The Hall–Kier alpha value is -2.50. The normalized spacial score (nSPS) is 14.8. The van der Waals surface area contributed by atoms with E-state index in [4.69, 9.17) is 4.74 Å². The first-order valence-corrected chi connectivity index (χ1v) is 8.37. The van der Waals surface area contributed by atoms with Crippen molar-refractivity contribution in [3.05, 3.63) is 41.7 Å². The van der Waals surface area contributed by atoms with E-state index >= 15 is 0 Å². The lowest BCUT2D eigenvalue weighted by Gasteiger charge is -2.36. The van der Waals surface area contributed by atoms with E-state index in [1.165, 1.54) is 0 Å². The second-order valence-corrected chi connectivity index (χ2v) is 5.97. The fraction of sp³-hybridized carbons (Fsp3) is 0.444. The van der Waals surface area contributed by atoms with E-state index < -0.39 is 0 Å². The van der Waals surface area contributed by atoms with E-state index in [1.807, 2.05) is 50.1 Å². The molecule has 1 saturated heterocycles. The molecule has 2 heterocycles. The van der Waals surface area contributed by atoms with Gasteiger partial charge in [-0.1, -0.05) is 12.1 Å². The third-order valence-electron chi connectivity index (χ3n) is 4.29. The van der Waals surface area contributed by atoms with Gasteiger partial charge < -0.3 is 14.5 Å². The Bertz CT molecular complexity index is 718. The van der Waals surface area contributed by atoms with Gasteiger partial charge >= 0.3 is 0 Å². The highest BCUT2D eigenvalue weighted by Crippen LogP contribution is 2.29. The maximum atomic E-state index is 12.7. The zero-order valence-electron chi connectivity index (χ0n) is 14.5. The minimum atomic E-state index is 0.0517. The fourth-order valence-corrected chi connectivity index (χ4v) is 3.12. The summed E-state index contributed by atoms with van der Waals surface area (Å²) in [6.07, 6.45) is 0. The summed E-state index contributed by atoms with van der Waals surface area (Å²) in [6, 6.07) is 9.92. The molecule has 3 rings (SSSR count). The number of para-hydroxylation sites is 2. The molecule has 0 atom stereocenters. The second-order valence-electron chi connectivity index (χ2n) is 5.97. The highest BCUT2D eigenvalue weighted by Gasteiger charge is 2.25. The van der Waals surface area contributed by atoms with Gasteiger partial charge in [0, 0.05) is 33.2 Å². The van der Waals surface area contributed by atoms with Crippen LogP contribution in [0.3, 0.4) is 0 Å². The molecular weight excluding hydrogens is 304 g/mol. The molecule has 0 unspecified atom stereocenters. The van der Waals surface area contributed by atoms with Gasteiger partial charge in [0.2, 0.25) is 0 Å². The van der Waals surface area contributed by atoms with Crippen LogP contribution in [-0.2, 0) is 7.05 Å². The quantitative estimate of drug-likeness (QED) is 0.862. The summed E-state index contributed by atoms with van der Waals surface area (Å²) in [5, 5.41) is 4.26. The minimum absolute atomic E-state index is 0.0517. The monoisotopic (exact) mass is 328 g/mol. The average Bonchev–Trinajstić information content (AvgIpc) is 2.93. The zero-order valence-corrected chi connectivity index (χ0v) is 14.5. The van der Waals surface area contributed by atoms with Crippen LogP contribution >= 0.6 is 0 Å². The number of ether oxygens (including phenoxy) is 1. The first-order valence-electron chi connectivity index (χ1n) is 8.37. The summed E-state index contributed by atoms with van der Waals surface area (Å²) >= 11 is 0. The van der Waals surface area contributed by atoms with Gasteiger partial charge in [0.1, 0.15) is 11.4 Å². The SMILES string of the molecule is CCOc1ccccc1N1CCN(C(=O)c2cc(C)nn2C)CC1. The number of benzene rings is 1. The van der Waals surface area contributed by atoms with Gasteiger partial charge in [-0.25, -0.2) is 0 Å². The molecule has 1 aromatic heterocycles. The molecule has 0 spiro atoms. The molecule has 0 saturated carbocycles. The molecule has 0 N–H and O–H groups in total. The van der Waals surface area contributed by atoms with Gasteiger partial charge in [-0.2, -0.15) is 5.10 Å². The summed E-state index contributed by atoms with van der Waals surface area (Å²) in [6.45, 7) is 7.53. The number of rotatable bonds is 4. The van der Waals surface area contributed by atoms with Gasteiger partial charge in [0.05, 0.1) is 18.0 Å². The summed E-state index contributed by atoms with van der Waals surface area (Å²) in [7, 11) is 1.81. The topological polar surface area (TPSA) is 50.6 Å². The molecule has 1 amide bonds. The second kappa shape index (κ2) is 6.95. The van der Waals surface area contributed by atoms with Crippen LogP contribution in [0, 0.1) is 6.92 Å². The van der Waals surface area contributed by atoms with Crippen LogP contribution in [0.25, 0.3) is 0 Å². The Morgan fingerprint density at radius 2 is 1.92 bits per heavy atom. The van der Waals surface area contributed by atoms with Crippen LogP contribution in [0.4, 0.5) is 5.69 Å². The third kappa shape index (κ3) is 3.22. The third-order valence-corrected chi connectivity index (χ3v) is 4.29. The number of amides is 1. The zero-order chi connectivity index (χ0) is 17.1. The first kappa shape index (κ1) is 16.4. The highest BCUT2D eigenvalue weighted by atomic mass is 16.5. The van der Waals surface area contributed by atoms with Crippen molar-refractivity contribution in [2.24, 2.45) is 7.05 Å². The van der Waals surface area contributed by atoms with Crippen molar-refractivity contribution in [3.8, 4) is 5.75 Å². The lowest BCUT2D eigenvalue weighted by molar-refractivity contribution is 0.0735. The van der Waals surface area contributed by atoms with Crippen LogP contribution in [0.5, 0.6) is 5.75 Å². The Kier molecular flexibility index (Phi) is 4.74. The first-order chi connectivity index (χ1) is 11.6. The van der Waals surface area contributed by atoms with Crippen molar-refractivity contribution in [3.63, 3.8) is 0 Å². The standard InChI is InChI=1S/C18H24N4O2/c1-4-24-17-8-6-5-7-15(17)21-9-11-22(12-10-21)18(23)16-13-14(2)19-20(16)3/h5-8,13H,4,9-12H2,1-3H3. The lowest BCUT2D eigenvalue weighted by Crippen LogP contribution is -2.49. The molecular formula is C18H24N4O2. The van der Waals surface area contributed by atoms with E-state index in [0.29, 0.717) is 25.4 Å². The maximum absolute atomic E-state index is 12.7. The number of aryl methyl sites for hydroxylation is 2. The van der Waals surface area contributed by atoms with Crippen molar-refractivity contribution < 1.29 is 9.53 Å². The predicted molar refractivity (Wildman–Crippen MR) is 93.7 cm³/mol. The smallest absolute Gasteiger partial charge is 0.272 e. The maximum Gasteiger partial charge on any atom is 0.272 e. The number of hydrogen-bond donors (Lipinski definition) is 0. The largest absolute Gasteiger partial charge is 0.492 e. The van der Waals surface area contributed by atoms with Gasteiger partial charge in [-0.15, -0.1) is 0 Å². The Balaban J connectivity index is 1.68. The van der Waals surface area contributed by atoms with Crippen molar-refractivity contribution >= 4 is 11.6 Å². The van der Waals surface area contributed by atoms with E-state index in [-0.39, 0.29) is 5.91 Å². The van der Waals surface area contributed by atoms with Crippen LogP contribution in [0.1, 0.15) is 23.1 Å². The van der Waals surface area contributed by atoms with Crippen LogP contribution in [-0.4, -0.2) is 53.4 Å². The molecule has 1 aliphatic rings. The summed E-state index contributed by atoms with van der Waals surface area (Å²) in [5.74, 6) is 0.956. The number of piperazine rings is 1. The lowest BCUT2D eigenvalue weighted by atomic mass is 10.2. The molecule has 6 nitrogen and oxygen atoms in total. The van der Waals surface area contributed by atoms with Crippen molar-refractivity contribution in [2.45, 2.75) is 13.8 Å². The number of carbonyl (C=O) groups is 1. The number of aromatic nitrogens is 2. The van der Waals surface area contributed by atoms with Gasteiger partial charge in [-0.05, 0) is 32.0 Å². The molecule has 1 fully saturated rings. The molecule has 0 bridgehead atoms. The van der Waals surface area contributed by atoms with Gasteiger partial charge in [-0.3, -0.25) is 9.48 Å². The Morgan fingerprint density at radius 1 is 1.21 bits per heavy atom. The van der Waals surface area contributed by atoms with Crippen molar-refractivity contribution in [1.82, 2.24) is 14.7 Å². The van der Waals surface area contributed by atoms with Gasteiger partial charge in [0.15, 0.2) is 0 Å². The molecule has 128 valence electrons. The Morgan fingerprint density at radius 3 is 2.54 bits per heavy atom. The fourth-order valence-electron chi connectivity index (χ4n) is 3.12. The molecule has 1 aromatic carbocycles. The number of nitrogens with zero attached hydrogens (tertiary/aromatic N) is 4. The minimum Gasteiger partial charge on any atom is -0.492 e.